The van der Waals surface area contributed by atoms with Crippen molar-refractivity contribution in [2.45, 2.75) is 97.8 Å². The van der Waals surface area contributed by atoms with Gasteiger partial charge in [-0.05, 0) is 25.2 Å². The summed E-state index contributed by atoms with van der Waals surface area (Å²) >= 11 is 0. The van der Waals surface area contributed by atoms with Crippen LogP contribution in [0.15, 0.2) is 12.2 Å². The Morgan fingerprint density at radius 2 is 1.28 bits per heavy atom. The summed E-state index contributed by atoms with van der Waals surface area (Å²) in [5.41, 5.74) is 0. The van der Waals surface area contributed by atoms with Gasteiger partial charge >= 0.3 is 0 Å². The van der Waals surface area contributed by atoms with Crippen LogP contribution in [-0.2, 0) is 0 Å². The Bertz CT molecular complexity index is 169. The quantitative estimate of drug-likeness (QED) is 0.247. The minimum absolute atomic E-state index is 0.944. The van der Waals surface area contributed by atoms with Gasteiger partial charge in [-0.2, -0.15) is 0 Å². The van der Waals surface area contributed by atoms with Crippen molar-refractivity contribution < 1.29 is 0 Å². The van der Waals surface area contributed by atoms with E-state index >= 15 is 0 Å². The molecule has 1 unspecified atom stereocenters. The second kappa shape index (κ2) is 14.8. The van der Waals surface area contributed by atoms with Crippen LogP contribution >= 0.6 is 0 Å². The van der Waals surface area contributed by atoms with Crippen molar-refractivity contribution in [2.24, 2.45) is 5.92 Å². The van der Waals surface area contributed by atoms with E-state index in [0.29, 0.717) is 0 Å². The molecule has 0 aromatic rings. The van der Waals surface area contributed by atoms with Crippen LogP contribution < -0.4 is 0 Å². The maximum absolute atomic E-state index is 2.38. The molecule has 0 N–H and O–H groups in total. The van der Waals surface area contributed by atoms with E-state index < -0.39 is 0 Å². The van der Waals surface area contributed by atoms with Crippen LogP contribution in [0, 0.1) is 5.92 Å². The molecule has 0 aliphatic heterocycles. The van der Waals surface area contributed by atoms with Crippen LogP contribution in [0.5, 0.6) is 0 Å². The minimum atomic E-state index is 0.944. The summed E-state index contributed by atoms with van der Waals surface area (Å²) in [5, 5.41) is 0. The van der Waals surface area contributed by atoms with Gasteiger partial charge in [0.2, 0.25) is 0 Å². The maximum Gasteiger partial charge on any atom is -0.0351 e. The van der Waals surface area contributed by atoms with E-state index in [-0.39, 0.29) is 0 Å². The summed E-state index contributed by atoms with van der Waals surface area (Å²) in [6, 6.07) is 0. The Morgan fingerprint density at radius 3 is 1.89 bits per heavy atom. The molecular formula is C18H36. The predicted octanol–water partition coefficient (Wildman–Crippen LogP) is 6.90. The number of unbranched alkanes of at least 4 members (excludes halogenated alkanes) is 8. The first-order chi connectivity index (χ1) is 8.81. The topological polar surface area (TPSA) is 0 Å². The second-order valence-electron chi connectivity index (χ2n) is 5.83. The van der Waals surface area contributed by atoms with Crippen molar-refractivity contribution in [1.82, 2.24) is 0 Å². The van der Waals surface area contributed by atoms with Crippen molar-refractivity contribution in [3.05, 3.63) is 12.2 Å². The van der Waals surface area contributed by atoms with Crippen LogP contribution in [0.4, 0.5) is 0 Å². The molecule has 0 nitrogen and oxygen atoms in total. The summed E-state index contributed by atoms with van der Waals surface area (Å²) in [5.74, 6) is 0.944. The van der Waals surface area contributed by atoms with Crippen molar-refractivity contribution in [3.63, 3.8) is 0 Å². The lowest BCUT2D eigenvalue weighted by molar-refractivity contribution is 0.470. The number of hydrogen-bond donors (Lipinski definition) is 0. The Morgan fingerprint density at radius 1 is 0.722 bits per heavy atom. The molecule has 0 spiro atoms. The fourth-order valence-corrected chi connectivity index (χ4v) is 2.25. The van der Waals surface area contributed by atoms with Crippen LogP contribution in [-0.4, -0.2) is 0 Å². The van der Waals surface area contributed by atoms with Crippen molar-refractivity contribution in [1.29, 1.82) is 0 Å². The molecule has 18 heavy (non-hydrogen) atoms. The van der Waals surface area contributed by atoms with E-state index in [9.17, 15) is 0 Å². The van der Waals surface area contributed by atoms with Gasteiger partial charge in [-0.15, -0.1) is 0 Å². The number of allylic oxidation sites excluding steroid dienone is 2. The van der Waals surface area contributed by atoms with Gasteiger partial charge < -0.3 is 0 Å². The van der Waals surface area contributed by atoms with Gasteiger partial charge in [-0.1, -0.05) is 90.7 Å². The fourth-order valence-electron chi connectivity index (χ4n) is 2.25. The zero-order valence-corrected chi connectivity index (χ0v) is 13.2. The van der Waals surface area contributed by atoms with Crippen LogP contribution in [0.3, 0.4) is 0 Å². The van der Waals surface area contributed by atoms with Gasteiger partial charge in [0.05, 0.1) is 0 Å². The third-order valence-electron chi connectivity index (χ3n) is 3.89. The maximum atomic E-state index is 2.38. The summed E-state index contributed by atoms with van der Waals surface area (Å²) in [7, 11) is 0. The van der Waals surface area contributed by atoms with Crippen molar-refractivity contribution in [3.8, 4) is 0 Å². The number of rotatable bonds is 13. The SMILES string of the molecule is CCCC=CCCCCCCCCCC(C)CC. The molecule has 0 fully saturated rings. The molecular weight excluding hydrogens is 216 g/mol. The molecule has 0 aromatic carbocycles. The third-order valence-corrected chi connectivity index (χ3v) is 3.89. The molecule has 1 atom stereocenters. The van der Waals surface area contributed by atoms with Crippen LogP contribution in [0.2, 0.25) is 0 Å². The van der Waals surface area contributed by atoms with Crippen LogP contribution in [0.25, 0.3) is 0 Å². The number of hydrogen-bond acceptors (Lipinski definition) is 0. The molecule has 0 aromatic heterocycles. The zero-order chi connectivity index (χ0) is 13.5. The summed E-state index contributed by atoms with van der Waals surface area (Å²) in [4.78, 5) is 0. The standard InChI is InChI=1S/C18H36/c1-4-6-7-8-9-10-11-12-13-14-15-16-17-18(3)5-2/h7-8,18H,4-6,9-17H2,1-3H3. The summed E-state index contributed by atoms with van der Waals surface area (Å²) in [6.45, 7) is 6.93. The minimum Gasteiger partial charge on any atom is -0.0885 e. The second-order valence-corrected chi connectivity index (χ2v) is 5.83. The van der Waals surface area contributed by atoms with Crippen molar-refractivity contribution in [2.75, 3.05) is 0 Å². The Labute approximate surface area is 116 Å². The predicted molar refractivity (Wildman–Crippen MR) is 85.1 cm³/mol. The molecule has 0 saturated heterocycles. The Kier molecular flexibility index (Phi) is 14.6. The molecule has 0 heterocycles. The molecule has 0 heteroatoms. The highest BCUT2D eigenvalue weighted by molar-refractivity contribution is 4.80. The average molecular weight is 252 g/mol. The Balaban J connectivity index is 3.03. The van der Waals surface area contributed by atoms with Gasteiger partial charge in [-0.25, -0.2) is 0 Å². The monoisotopic (exact) mass is 252 g/mol. The highest BCUT2D eigenvalue weighted by Gasteiger charge is 1.97. The first-order valence-corrected chi connectivity index (χ1v) is 8.46. The van der Waals surface area contributed by atoms with Crippen LogP contribution in [0.1, 0.15) is 97.8 Å². The first-order valence-electron chi connectivity index (χ1n) is 8.46. The van der Waals surface area contributed by atoms with E-state index in [1.807, 2.05) is 0 Å². The summed E-state index contributed by atoms with van der Waals surface area (Å²) < 4.78 is 0. The van der Waals surface area contributed by atoms with E-state index in [4.69, 9.17) is 0 Å². The lowest BCUT2D eigenvalue weighted by Crippen LogP contribution is -1.91. The molecule has 0 saturated carbocycles. The average Bonchev–Trinajstić information content (AvgIpc) is 2.39. The van der Waals surface area contributed by atoms with Gasteiger partial charge in [0.15, 0.2) is 0 Å². The lowest BCUT2D eigenvalue weighted by atomic mass is 9.99. The van der Waals surface area contributed by atoms with Gasteiger partial charge in [0.25, 0.3) is 0 Å². The lowest BCUT2D eigenvalue weighted by Gasteiger charge is -2.07. The molecule has 108 valence electrons. The molecule has 0 aliphatic rings. The third kappa shape index (κ3) is 13.8. The first kappa shape index (κ1) is 17.7. The van der Waals surface area contributed by atoms with E-state index in [0.717, 1.165) is 5.92 Å². The largest absolute Gasteiger partial charge is 0.0885 e. The molecule has 0 radical (unpaired) electrons. The smallest absolute Gasteiger partial charge is 0.0351 e. The van der Waals surface area contributed by atoms with E-state index in [2.05, 4.69) is 32.9 Å². The van der Waals surface area contributed by atoms with Gasteiger partial charge in [-0.3, -0.25) is 0 Å². The molecule has 0 aliphatic carbocycles. The molecule has 0 bridgehead atoms. The normalized spacial score (nSPS) is 13.3. The fraction of sp³-hybridized carbons (Fsp3) is 0.889. The molecule has 0 rings (SSSR count). The van der Waals surface area contributed by atoms with E-state index in [1.165, 1.54) is 77.0 Å². The zero-order valence-electron chi connectivity index (χ0n) is 13.2. The van der Waals surface area contributed by atoms with Gasteiger partial charge in [0, 0.05) is 0 Å². The summed E-state index contributed by atoms with van der Waals surface area (Å²) in [6.07, 6.45) is 21.5. The van der Waals surface area contributed by atoms with Gasteiger partial charge in [0.1, 0.15) is 0 Å². The van der Waals surface area contributed by atoms with Crippen molar-refractivity contribution >= 4 is 0 Å². The highest BCUT2D eigenvalue weighted by Crippen LogP contribution is 2.14. The highest BCUT2D eigenvalue weighted by atomic mass is 14.0. The Hall–Kier alpha value is -0.260. The molecule has 0 amide bonds. The van der Waals surface area contributed by atoms with E-state index in [1.54, 1.807) is 0 Å².